The zero-order chi connectivity index (χ0) is 8.39. The number of nitrogens with zero attached hydrogens (tertiary/aromatic N) is 2. The average molecular weight is 167 g/mol. The van der Waals surface area contributed by atoms with Crippen LogP contribution in [0.1, 0.15) is 11.6 Å². The van der Waals surface area contributed by atoms with Crippen LogP contribution < -0.4 is 5.76 Å². The fourth-order valence-electron chi connectivity index (χ4n) is 0.831. The molecule has 6 heteroatoms. The molecule has 0 spiro atoms. The lowest BCUT2D eigenvalue weighted by atomic mass is 10.3. The summed E-state index contributed by atoms with van der Waals surface area (Å²) in [5, 5.41) is 3.46. The maximum atomic E-state index is 10.5. The molecular weight excluding hydrogens is 162 g/mol. The lowest BCUT2D eigenvalue weighted by Gasteiger charge is -1.85. The SMILES string of the molecule is O=c1[nH]c(Cc2cnco2)no1. The van der Waals surface area contributed by atoms with Gasteiger partial charge in [0.05, 0.1) is 12.6 Å². The van der Waals surface area contributed by atoms with Crippen LogP contribution in [0.2, 0.25) is 0 Å². The summed E-state index contributed by atoms with van der Waals surface area (Å²) in [6.07, 6.45) is 3.24. The van der Waals surface area contributed by atoms with Crippen LogP contribution in [0.3, 0.4) is 0 Å². The second-order valence-electron chi connectivity index (χ2n) is 2.19. The van der Waals surface area contributed by atoms with E-state index < -0.39 is 5.76 Å². The lowest BCUT2D eigenvalue weighted by molar-refractivity contribution is 0.380. The maximum Gasteiger partial charge on any atom is 0.438 e. The van der Waals surface area contributed by atoms with Crippen LogP contribution in [0.15, 0.2) is 26.3 Å². The van der Waals surface area contributed by atoms with E-state index in [0.29, 0.717) is 18.0 Å². The third-order valence-corrected chi connectivity index (χ3v) is 1.31. The molecule has 0 saturated carbocycles. The van der Waals surface area contributed by atoms with Crippen LogP contribution in [-0.4, -0.2) is 15.1 Å². The summed E-state index contributed by atoms with van der Waals surface area (Å²) < 4.78 is 9.22. The Hall–Kier alpha value is -1.85. The summed E-state index contributed by atoms with van der Waals surface area (Å²) in [6.45, 7) is 0. The number of aromatic amines is 1. The number of oxazole rings is 1. The number of rotatable bonds is 2. The summed E-state index contributed by atoms with van der Waals surface area (Å²) in [7, 11) is 0. The molecule has 0 amide bonds. The lowest BCUT2D eigenvalue weighted by Crippen LogP contribution is -1.97. The molecule has 62 valence electrons. The fourth-order valence-corrected chi connectivity index (χ4v) is 0.831. The highest BCUT2D eigenvalue weighted by Gasteiger charge is 2.03. The van der Waals surface area contributed by atoms with Crippen LogP contribution in [0.4, 0.5) is 0 Å². The highest BCUT2D eigenvalue weighted by Crippen LogP contribution is 2.01. The molecule has 0 aliphatic carbocycles. The van der Waals surface area contributed by atoms with Gasteiger partial charge in [-0.2, -0.15) is 0 Å². The Morgan fingerprint density at radius 2 is 2.50 bits per heavy atom. The monoisotopic (exact) mass is 167 g/mol. The third-order valence-electron chi connectivity index (χ3n) is 1.31. The van der Waals surface area contributed by atoms with Gasteiger partial charge in [0.15, 0.2) is 12.2 Å². The molecule has 12 heavy (non-hydrogen) atoms. The van der Waals surface area contributed by atoms with E-state index in [-0.39, 0.29) is 0 Å². The van der Waals surface area contributed by atoms with E-state index in [0.717, 1.165) is 0 Å². The van der Waals surface area contributed by atoms with E-state index in [9.17, 15) is 4.79 Å². The van der Waals surface area contributed by atoms with E-state index in [2.05, 4.69) is 19.6 Å². The predicted octanol–water partition coefficient (Wildman–Crippen LogP) is -0.0583. The quantitative estimate of drug-likeness (QED) is 0.677. The zero-order valence-electron chi connectivity index (χ0n) is 5.98. The van der Waals surface area contributed by atoms with Crippen molar-refractivity contribution >= 4 is 0 Å². The smallest absolute Gasteiger partial charge is 0.438 e. The van der Waals surface area contributed by atoms with E-state index in [1.165, 1.54) is 6.39 Å². The Labute approximate surface area is 66.2 Å². The van der Waals surface area contributed by atoms with Crippen molar-refractivity contribution in [2.75, 3.05) is 0 Å². The molecule has 2 aromatic rings. The Kier molecular flexibility index (Phi) is 1.51. The molecular formula is C6H5N3O3. The van der Waals surface area contributed by atoms with E-state index >= 15 is 0 Å². The van der Waals surface area contributed by atoms with Gasteiger partial charge in [-0.25, -0.2) is 9.78 Å². The molecule has 0 atom stereocenters. The van der Waals surface area contributed by atoms with Crippen molar-refractivity contribution in [2.24, 2.45) is 0 Å². The average Bonchev–Trinajstić information content (AvgIpc) is 2.63. The summed E-state index contributed by atoms with van der Waals surface area (Å²) in [5.41, 5.74) is 0. The summed E-state index contributed by atoms with van der Waals surface area (Å²) in [4.78, 5) is 16.6. The van der Waals surface area contributed by atoms with Crippen LogP contribution >= 0.6 is 0 Å². The van der Waals surface area contributed by atoms with Crippen LogP contribution in [-0.2, 0) is 6.42 Å². The molecule has 1 N–H and O–H groups in total. The first-order chi connectivity index (χ1) is 5.84. The number of hydrogen-bond acceptors (Lipinski definition) is 5. The van der Waals surface area contributed by atoms with E-state index in [1.54, 1.807) is 6.20 Å². The molecule has 0 radical (unpaired) electrons. The van der Waals surface area contributed by atoms with Gasteiger partial charge in [0.1, 0.15) is 5.76 Å². The van der Waals surface area contributed by atoms with Crippen molar-refractivity contribution in [3.8, 4) is 0 Å². The van der Waals surface area contributed by atoms with E-state index in [1.807, 2.05) is 0 Å². The van der Waals surface area contributed by atoms with Gasteiger partial charge >= 0.3 is 5.76 Å². The van der Waals surface area contributed by atoms with Crippen LogP contribution in [0, 0.1) is 0 Å². The second-order valence-corrected chi connectivity index (χ2v) is 2.19. The van der Waals surface area contributed by atoms with Crippen molar-refractivity contribution in [3.63, 3.8) is 0 Å². The second kappa shape index (κ2) is 2.65. The van der Waals surface area contributed by atoms with E-state index in [4.69, 9.17) is 4.42 Å². The minimum atomic E-state index is -0.565. The Bertz CT molecular complexity index is 400. The predicted molar refractivity (Wildman–Crippen MR) is 36.4 cm³/mol. The van der Waals surface area contributed by atoms with Gasteiger partial charge in [0.25, 0.3) is 0 Å². The molecule has 0 aromatic carbocycles. The normalized spacial score (nSPS) is 10.3. The molecule has 0 fully saturated rings. The summed E-state index contributed by atoms with van der Waals surface area (Å²) in [6, 6.07) is 0. The molecule has 0 unspecified atom stereocenters. The van der Waals surface area contributed by atoms with Crippen LogP contribution in [0.25, 0.3) is 0 Å². The largest absolute Gasteiger partial charge is 0.448 e. The van der Waals surface area contributed by atoms with Crippen molar-refractivity contribution < 1.29 is 8.94 Å². The molecule has 0 saturated heterocycles. The van der Waals surface area contributed by atoms with Gasteiger partial charge < -0.3 is 4.42 Å². The first-order valence-corrected chi connectivity index (χ1v) is 3.27. The number of H-pyrrole nitrogens is 1. The first kappa shape index (κ1) is 6.84. The Balaban J connectivity index is 2.19. The van der Waals surface area contributed by atoms with Gasteiger partial charge in [-0.05, 0) is 0 Å². The van der Waals surface area contributed by atoms with Gasteiger partial charge in [0.2, 0.25) is 0 Å². The van der Waals surface area contributed by atoms with Crippen molar-refractivity contribution in [1.82, 2.24) is 15.1 Å². The van der Waals surface area contributed by atoms with Gasteiger partial charge in [-0.3, -0.25) is 9.51 Å². The molecule has 2 aromatic heterocycles. The number of aromatic nitrogens is 3. The number of nitrogens with one attached hydrogen (secondary N) is 1. The minimum absolute atomic E-state index is 0.381. The molecule has 6 nitrogen and oxygen atoms in total. The maximum absolute atomic E-state index is 10.5. The Morgan fingerprint density at radius 3 is 3.08 bits per heavy atom. The third kappa shape index (κ3) is 1.26. The topological polar surface area (TPSA) is 84.9 Å². The van der Waals surface area contributed by atoms with Gasteiger partial charge in [-0.1, -0.05) is 5.16 Å². The minimum Gasteiger partial charge on any atom is -0.448 e. The van der Waals surface area contributed by atoms with Crippen LogP contribution in [0.5, 0.6) is 0 Å². The summed E-state index contributed by atoms with van der Waals surface area (Å²) in [5.74, 6) is 0.487. The Morgan fingerprint density at radius 1 is 1.58 bits per heavy atom. The molecule has 2 rings (SSSR count). The molecule has 0 aliphatic rings. The first-order valence-electron chi connectivity index (χ1n) is 3.27. The zero-order valence-corrected chi connectivity index (χ0v) is 5.98. The molecule has 0 aliphatic heterocycles. The van der Waals surface area contributed by atoms with Crippen molar-refractivity contribution in [1.29, 1.82) is 0 Å². The fraction of sp³-hybridized carbons (Fsp3) is 0.167. The number of hydrogen-bond donors (Lipinski definition) is 1. The van der Waals surface area contributed by atoms with Crippen molar-refractivity contribution in [2.45, 2.75) is 6.42 Å². The highest BCUT2D eigenvalue weighted by molar-refractivity contribution is 4.98. The molecule has 2 heterocycles. The highest BCUT2D eigenvalue weighted by atomic mass is 16.5. The summed E-state index contributed by atoms with van der Waals surface area (Å²) >= 11 is 0. The van der Waals surface area contributed by atoms with Crippen molar-refractivity contribution in [3.05, 3.63) is 34.7 Å². The standard InChI is InChI=1S/C6H5N3O3/c10-6-8-5(9-12-6)1-4-2-7-3-11-4/h2-3H,1H2,(H,8,9,10). The van der Waals surface area contributed by atoms with Gasteiger partial charge in [-0.15, -0.1) is 0 Å². The molecule has 0 bridgehead atoms. The van der Waals surface area contributed by atoms with Gasteiger partial charge in [0, 0.05) is 0 Å².